The van der Waals surface area contributed by atoms with E-state index in [0.29, 0.717) is 5.92 Å². The molecule has 0 saturated carbocycles. The van der Waals surface area contributed by atoms with E-state index in [9.17, 15) is 13.2 Å². The predicted octanol–water partition coefficient (Wildman–Crippen LogP) is 4.28. The first kappa shape index (κ1) is 14.0. The lowest BCUT2D eigenvalue weighted by Gasteiger charge is -2.09. The third-order valence-corrected chi connectivity index (χ3v) is 2.44. The van der Waals surface area contributed by atoms with Crippen molar-refractivity contribution in [3.05, 3.63) is 35.4 Å². The zero-order valence-electron chi connectivity index (χ0n) is 10.1. The SMILES string of the molecule is CC(C)c1ccc(COCCC(F)(F)F)cc1. The van der Waals surface area contributed by atoms with Gasteiger partial charge in [-0.3, -0.25) is 0 Å². The monoisotopic (exact) mass is 246 g/mol. The van der Waals surface area contributed by atoms with Crippen LogP contribution >= 0.6 is 0 Å². The van der Waals surface area contributed by atoms with Crippen molar-refractivity contribution >= 4 is 0 Å². The minimum atomic E-state index is -4.14. The van der Waals surface area contributed by atoms with Crippen molar-refractivity contribution in [3.8, 4) is 0 Å². The molecule has 1 rings (SSSR count). The molecule has 0 N–H and O–H groups in total. The molecule has 0 spiro atoms. The van der Waals surface area contributed by atoms with Crippen molar-refractivity contribution in [2.75, 3.05) is 6.61 Å². The summed E-state index contributed by atoms with van der Waals surface area (Å²) in [4.78, 5) is 0. The summed E-state index contributed by atoms with van der Waals surface area (Å²) in [5.41, 5.74) is 2.11. The number of benzene rings is 1. The Hall–Kier alpha value is -1.03. The third-order valence-electron chi connectivity index (χ3n) is 2.44. The summed E-state index contributed by atoms with van der Waals surface area (Å²) in [6, 6.07) is 7.74. The molecular weight excluding hydrogens is 229 g/mol. The Labute approximate surface area is 99.6 Å². The highest BCUT2D eigenvalue weighted by atomic mass is 19.4. The number of halogens is 3. The molecule has 0 unspecified atom stereocenters. The van der Waals surface area contributed by atoms with E-state index >= 15 is 0 Å². The minimum absolute atomic E-state index is 0.231. The van der Waals surface area contributed by atoms with Crippen LogP contribution in [0.15, 0.2) is 24.3 Å². The fourth-order valence-corrected chi connectivity index (χ4v) is 1.38. The molecule has 0 aliphatic carbocycles. The molecule has 0 atom stereocenters. The van der Waals surface area contributed by atoms with Crippen molar-refractivity contribution in [1.29, 1.82) is 0 Å². The van der Waals surface area contributed by atoms with Gasteiger partial charge >= 0.3 is 6.18 Å². The van der Waals surface area contributed by atoms with Gasteiger partial charge in [-0.25, -0.2) is 0 Å². The van der Waals surface area contributed by atoms with Gasteiger partial charge in [0, 0.05) is 0 Å². The number of ether oxygens (including phenoxy) is 1. The molecule has 1 aromatic rings. The zero-order chi connectivity index (χ0) is 12.9. The van der Waals surface area contributed by atoms with Crippen LogP contribution in [0.2, 0.25) is 0 Å². The molecule has 17 heavy (non-hydrogen) atoms. The van der Waals surface area contributed by atoms with E-state index in [1.54, 1.807) is 0 Å². The first-order chi connectivity index (χ1) is 7.88. The summed E-state index contributed by atoms with van der Waals surface area (Å²) >= 11 is 0. The second-order valence-electron chi connectivity index (χ2n) is 4.31. The van der Waals surface area contributed by atoms with Crippen LogP contribution in [0.4, 0.5) is 13.2 Å². The van der Waals surface area contributed by atoms with E-state index in [1.165, 1.54) is 5.56 Å². The highest BCUT2D eigenvalue weighted by Crippen LogP contribution is 2.19. The van der Waals surface area contributed by atoms with Crippen LogP contribution in [0.1, 0.15) is 37.3 Å². The number of alkyl halides is 3. The molecule has 96 valence electrons. The van der Waals surface area contributed by atoms with Gasteiger partial charge in [0.25, 0.3) is 0 Å². The summed E-state index contributed by atoms with van der Waals surface area (Å²) in [5.74, 6) is 0.454. The van der Waals surface area contributed by atoms with E-state index in [2.05, 4.69) is 13.8 Å². The van der Waals surface area contributed by atoms with Crippen molar-refractivity contribution in [2.45, 2.75) is 39.0 Å². The average Bonchev–Trinajstić information content (AvgIpc) is 2.24. The van der Waals surface area contributed by atoms with E-state index in [1.807, 2.05) is 24.3 Å². The molecule has 0 amide bonds. The number of hydrogen-bond donors (Lipinski definition) is 0. The van der Waals surface area contributed by atoms with Crippen molar-refractivity contribution < 1.29 is 17.9 Å². The Morgan fingerprint density at radius 2 is 1.71 bits per heavy atom. The normalized spacial score (nSPS) is 12.1. The Balaban J connectivity index is 2.33. The van der Waals surface area contributed by atoms with Gasteiger partial charge in [0.05, 0.1) is 19.6 Å². The van der Waals surface area contributed by atoms with Crippen molar-refractivity contribution in [3.63, 3.8) is 0 Å². The van der Waals surface area contributed by atoms with Gasteiger partial charge < -0.3 is 4.74 Å². The minimum Gasteiger partial charge on any atom is -0.376 e. The van der Waals surface area contributed by atoms with Crippen molar-refractivity contribution in [2.24, 2.45) is 0 Å². The van der Waals surface area contributed by atoms with Crippen LogP contribution in [0.25, 0.3) is 0 Å². The molecule has 0 aromatic heterocycles. The Morgan fingerprint density at radius 3 is 2.18 bits per heavy atom. The molecule has 0 heterocycles. The van der Waals surface area contributed by atoms with Crippen molar-refractivity contribution in [1.82, 2.24) is 0 Å². The largest absolute Gasteiger partial charge is 0.391 e. The maximum Gasteiger partial charge on any atom is 0.391 e. The van der Waals surface area contributed by atoms with Gasteiger partial charge in [-0.2, -0.15) is 13.2 Å². The van der Waals surface area contributed by atoms with Crippen LogP contribution in [0.5, 0.6) is 0 Å². The summed E-state index contributed by atoms with van der Waals surface area (Å²) in [5, 5.41) is 0. The van der Waals surface area contributed by atoms with Gasteiger partial charge in [0.1, 0.15) is 0 Å². The van der Waals surface area contributed by atoms with E-state index < -0.39 is 12.6 Å². The quantitative estimate of drug-likeness (QED) is 0.704. The Morgan fingerprint density at radius 1 is 1.12 bits per heavy atom. The summed E-state index contributed by atoms with van der Waals surface area (Å²) in [7, 11) is 0. The maximum absolute atomic E-state index is 11.8. The second-order valence-corrected chi connectivity index (χ2v) is 4.31. The first-order valence-electron chi connectivity index (χ1n) is 5.62. The van der Waals surface area contributed by atoms with Crippen LogP contribution in [0.3, 0.4) is 0 Å². The number of hydrogen-bond acceptors (Lipinski definition) is 1. The smallest absolute Gasteiger partial charge is 0.376 e. The van der Waals surface area contributed by atoms with E-state index in [4.69, 9.17) is 4.74 Å². The highest BCUT2D eigenvalue weighted by Gasteiger charge is 2.26. The molecule has 0 saturated heterocycles. The summed E-state index contributed by atoms with van der Waals surface area (Å²) in [6.07, 6.45) is -5.03. The lowest BCUT2D eigenvalue weighted by Crippen LogP contribution is -2.11. The Bertz CT molecular complexity index is 328. The van der Waals surface area contributed by atoms with E-state index in [0.717, 1.165) is 5.56 Å². The topological polar surface area (TPSA) is 9.23 Å². The van der Waals surface area contributed by atoms with Gasteiger partial charge in [0.15, 0.2) is 0 Å². The molecule has 0 bridgehead atoms. The average molecular weight is 246 g/mol. The van der Waals surface area contributed by atoms with Gasteiger partial charge in [-0.15, -0.1) is 0 Å². The summed E-state index contributed by atoms with van der Waals surface area (Å²) in [6.45, 7) is 4.13. The molecule has 1 nitrogen and oxygen atoms in total. The molecule has 1 aromatic carbocycles. The molecule has 4 heteroatoms. The molecule has 0 aliphatic heterocycles. The first-order valence-corrected chi connectivity index (χ1v) is 5.62. The lowest BCUT2D eigenvalue weighted by atomic mass is 10.0. The van der Waals surface area contributed by atoms with Gasteiger partial charge in [0.2, 0.25) is 0 Å². The predicted molar refractivity (Wildman–Crippen MR) is 60.9 cm³/mol. The third kappa shape index (κ3) is 5.73. The van der Waals surface area contributed by atoms with E-state index in [-0.39, 0.29) is 13.2 Å². The van der Waals surface area contributed by atoms with Crippen LogP contribution in [-0.2, 0) is 11.3 Å². The highest BCUT2D eigenvalue weighted by molar-refractivity contribution is 5.24. The van der Waals surface area contributed by atoms with Gasteiger partial charge in [-0.05, 0) is 17.0 Å². The van der Waals surface area contributed by atoms with Crippen LogP contribution in [-0.4, -0.2) is 12.8 Å². The van der Waals surface area contributed by atoms with Gasteiger partial charge in [-0.1, -0.05) is 38.1 Å². The fraction of sp³-hybridized carbons (Fsp3) is 0.538. The zero-order valence-corrected chi connectivity index (χ0v) is 10.1. The molecule has 0 fully saturated rings. The maximum atomic E-state index is 11.8. The second kappa shape index (κ2) is 6.05. The molecule has 0 radical (unpaired) electrons. The Kier molecular flexibility index (Phi) is 5.00. The molecular formula is C13H17F3O. The fourth-order valence-electron chi connectivity index (χ4n) is 1.38. The number of rotatable bonds is 5. The molecule has 0 aliphatic rings. The van der Waals surface area contributed by atoms with Crippen LogP contribution < -0.4 is 0 Å². The lowest BCUT2D eigenvalue weighted by molar-refractivity contribution is -0.146. The van der Waals surface area contributed by atoms with Crippen LogP contribution in [0, 0.1) is 0 Å². The standard InChI is InChI=1S/C13H17F3O/c1-10(2)12-5-3-11(4-6-12)9-17-8-7-13(14,15)16/h3-6,10H,7-9H2,1-2H3. The summed E-state index contributed by atoms with van der Waals surface area (Å²) < 4.78 is 40.5.